The molecule has 0 fully saturated rings. The molecule has 0 saturated carbocycles. The maximum atomic E-state index is 12.5. The Bertz CT molecular complexity index is 660. The second-order valence-electron chi connectivity index (χ2n) is 6.45. The largest absolute Gasteiger partial charge is 0.293 e. The van der Waals surface area contributed by atoms with Crippen molar-refractivity contribution in [1.29, 1.82) is 0 Å². The maximum Gasteiger partial charge on any atom is 0.176 e. The molecule has 2 heteroatoms. The Morgan fingerprint density at radius 1 is 1.04 bits per heavy atom. The van der Waals surface area contributed by atoms with Gasteiger partial charge in [0.2, 0.25) is 0 Å². The number of carbonyl (C=O) groups excluding carboxylic acids is 1. The fourth-order valence-electron chi connectivity index (χ4n) is 3.22. The number of Topliss-reactive ketones (excluding diaryl/α,β-unsaturated/α-hetero) is 1. The highest BCUT2D eigenvalue weighted by molar-refractivity contribution is 5.97. The number of rotatable bonds is 6. The summed E-state index contributed by atoms with van der Waals surface area (Å²) < 4.78 is 0. The van der Waals surface area contributed by atoms with E-state index >= 15 is 0 Å². The highest BCUT2D eigenvalue weighted by atomic mass is 16.1. The SMILES string of the molecule is CCCCc1ccc(C(=O)CN2CCc3ccccc3C2)cc1. The zero-order valence-corrected chi connectivity index (χ0v) is 13.9. The minimum atomic E-state index is 0.228. The predicted molar refractivity (Wildman–Crippen MR) is 94.8 cm³/mol. The first kappa shape index (κ1) is 15.9. The number of aryl methyl sites for hydroxylation is 1. The Morgan fingerprint density at radius 3 is 2.52 bits per heavy atom. The fraction of sp³-hybridized carbons (Fsp3) is 0.381. The van der Waals surface area contributed by atoms with Crippen LogP contribution in [0.5, 0.6) is 0 Å². The van der Waals surface area contributed by atoms with E-state index in [1.807, 2.05) is 12.1 Å². The Balaban J connectivity index is 1.59. The van der Waals surface area contributed by atoms with Crippen molar-refractivity contribution >= 4 is 5.78 Å². The van der Waals surface area contributed by atoms with E-state index in [1.165, 1.54) is 29.5 Å². The smallest absolute Gasteiger partial charge is 0.176 e. The summed E-state index contributed by atoms with van der Waals surface area (Å²) in [5.74, 6) is 0.228. The molecule has 0 atom stereocenters. The van der Waals surface area contributed by atoms with E-state index < -0.39 is 0 Å². The van der Waals surface area contributed by atoms with Crippen LogP contribution in [0.1, 0.15) is 46.8 Å². The van der Waals surface area contributed by atoms with Crippen molar-refractivity contribution in [1.82, 2.24) is 4.90 Å². The Morgan fingerprint density at radius 2 is 1.78 bits per heavy atom. The summed E-state index contributed by atoms with van der Waals surface area (Å²) in [4.78, 5) is 14.8. The van der Waals surface area contributed by atoms with Crippen LogP contribution in [0.25, 0.3) is 0 Å². The third kappa shape index (κ3) is 4.08. The lowest BCUT2D eigenvalue weighted by Crippen LogP contribution is -2.34. The average molecular weight is 307 g/mol. The predicted octanol–water partition coefficient (Wildman–Crippen LogP) is 4.27. The minimum Gasteiger partial charge on any atom is -0.293 e. The van der Waals surface area contributed by atoms with Crippen molar-refractivity contribution in [2.45, 2.75) is 39.2 Å². The van der Waals surface area contributed by atoms with E-state index in [0.29, 0.717) is 6.54 Å². The van der Waals surface area contributed by atoms with Gasteiger partial charge in [0.25, 0.3) is 0 Å². The van der Waals surface area contributed by atoms with E-state index in [2.05, 4.69) is 48.2 Å². The Labute approximate surface area is 139 Å². The quantitative estimate of drug-likeness (QED) is 0.743. The topological polar surface area (TPSA) is 20.3 Å². The molecule has 23 heavy (non-hydrogen) atoms. The molecule has 0 amide bonds. The molecule has 1 heterocycles. The van der Waals surface area contributed by atoms with Gasteiger partial charge in [-0.1, -0.05) is 61.9 Å². The average Bonchev–Trinajstić information content (AvgIpc) is 2.60. The van der Waals surface area contributed by atoms with Crippen molar-refractivity contribution < 1.29 is 4.79 Å². The van der Waals surface area contributed by atoms with Crippen molar-refractivity contribution in [3.05, 3.63) is 70.8 Å². The number of ketones is 1. The summed E-state index contributed by atoms with van der Waals surface area (Å²) >= 11 is 0. The van der Waals surface area contributed by atoms with Crippen LogP contribution in [0.4, 0.5) is 0 Å². The Kier molecular flexibility index (Phi) is 5.24. The molecule has 0 N–H and O–H groups in total. The summed E-state index contributed by atoms with van der Waals surface area (Å²) in [6.07, 6.45) is 4.56. The lowest BCUT2D eigenvalue weighted by atomic mass is 9.99. The number of unbranched alkanes of at least 4 members (excludes halogenated alkanes) is 1. The van der Waals surface area contributed by atoms with E-state index in [1.54, 1.807) is 0 Å². The minimum absolute atomic E-state index is 0.228. The van der Waals surface area contributed by atoms with Gasteiger partial charge in [0, 0.05) is 18.7 Å². The van der Waals surface area contributed by atoms with Crippen molar-refractivity contribution in [2.24, 2.45) is 0 Å². The van der Waals surface area contributed by atoms with E-state index in [4.69, 9.17) is 0 Å². The molecule has 0 unspecified atom stereocenters. The molecule has 120 valence electrons. The highest BCUT2D eigenvalue weighted by Crippen LogP contribution is 2.19. The van der Waals surface area contributed by atoms with Gasteiger partial charge in [-0.15, -0.1) is 0 Å². The van der Waals surface area contributed by atoms with Crippen molar-refractivity contribution in [3.8, 4) is 0 Å². The van der Waals surface area contributed by atoms with Gasteiger partial charge in [-0.05, 0) is 36.0 Å². The number of carbonyl (C=O) groups is 1. The zero-order chi connectivity index (χ0) is 16.1. The van der Waals surface area contributed by atoms with Gasteiger partial charge >= 0.3 is 0 Å². The van der Waals surface area contributed by atoms with Crippen LogP contribution in [0.2, 0.25) is 0 Å². The van der Waals surface area contributed by atoms with Gasteiger partial charge in [-0.25, -0.2) is 0 Å². The molecule has 2 nitrogen and oxygen atoms in total. The van der Waals surface area contributed by atoms with Crippen molar-refractivity contribution in [2.75, 3.05) is 13.1 Å². The molecule has 3 rings (SSSR count). The van der Waals surface area contributed by atoms with Gasteiger partial charge in [0.15, 0.2) is 5.78 Å². The molecular weight excluding hydrogens is 282 g/mol. The summed E-state index contributed by atoms with van der Waals surface area (Å²) in [6.45, 7) is 4.57. The third-order valence-corrected chi connectivity index (χ3v) is 4.67. The standard InChI is InChI=1S/C21H25NO/c1-2-3-6-17-9-11-19(12-10-17)21(23)16-22-14-13-18-7-4-5-8-20(18)15-22/h4-5,7-12H,2-3,6,13-16H2,1H3. The maximum absolute atomic E-state index is 12.5. The first-order chi connectivity index (χ1) is 11.3. The fourth-order valence-corrected chi connectivity index (χ4v) is 3.22. The summed E-state index contributed by atoms with van der Waals surface area (Å²) in [5.41, 5.74) is 4.96. The van der Waals surface area contributed by atoms with E-state index in [9.17, 15) is 4.79 Å². The molecule has 0 radical (unpaired) electrons. The van der Waals surface area contributed by atoms with Gasteiger partial charge in [0.1, 0.15) is 0 Å². The van der Waals surface area contributed by atoms with Crippen LogP contribution in [-0.4, -0.2) is 23.8 Å². The second kappa shape index (κ2) is 7.56. The van der Waals surface area contributed by atoms with Crippen molar-refractivity contribution in [3.63, 3.8) is 0 Å². The number of hydrogen-bond donors (Lipinski definition) is 0. The van der Waals surface area contributed by atoms with Crippen LogP contribution in [0, 0.1) is 0 Å². The molecule has 0 aliphatic carbocycles. The molecule has 0 saturated heterocycles. The van der Waals surface area contributed by atoms with Crippen LogP contribution in [0.15, 0.2) is 48.5 Å². The molecular formula is C21H25NO. The Hall–Kier alpha value is -1.93. The molecule has 0 aromatic heterocycles. The molecule has 2 aromatic rings. The van der Waals surface area contributed by atoms with E-state index in [-0.39, 0.29) is 5.78 Å². The molecule has 1 aliphatic rings. The van der Waals surface area contributed by atoms with Crippen LogP contribution < -0.4 is 0 Å². The van der Waals surface area contributed by atoms with Crippen LogP contribution >= 0.6 is 0 Å². The normalized spacial score (nSPS) is 14.5. The number of hydrogen-bond acceptors (Lipinski definition) is 2. The third-order valence-electron chi connectivity index (χ3n) is 4.67. The van der Waals surface area contributed by atoms with Gasteiger partial charge in [-0.2, -0.15) is 0 Å². The van der Waals surface area contributed by atoms with Crippen LogP contribution in [0.3, 0.4) is 0 Å². The van der Waals surface area contributed by atoms with Crippen LogP contribution in [-0.2, 0) is 19.4 Å². The highest BCUT2D eigenvalue weighted by Gasteiger charge is 2.18. The molecule has 2 aromatic carbocycles. The second-order valence-corrected chi connectivity index (χ2v) is 6.45. The lowest BCUT2D eigenvalue weighted by molar-refractivity contribution is 0.0921. The van der Waals surface area contributed by atoms with Gasteiger partial charge in [-0.3, -0.25) is 9.69 Å². The monoisotopic (exact) mass is 307 g/mol. The summed E-state index contributed by atoms with van der Waals surface area (Å²) in [5, 5.41) is 0. The number of benzene rings is 2. The number of fused-ring (bicyclic) bond motifs is 1. The first-order valence-electron chi connectivity index (χ1n) is 8.67. The molecule has 1 aliphatic heterocycles. The number of nitrogens with zero attached hydrogens (tertiary/aromatic N) is 1. The summed E-state index contributed by atoms with van der Waals surface area (Å²) in [7, 11) is 0. The first-order valence-corrected chi connectivity index (χ1v) is 8.67. The molecule has 0 bridgehead atoms. The van der Waals surface area contributed by atoms with Gasteiger partial charge in [0.05, 0.1) is 6.54 Å². The zero-order valence-electron chi connectivity index (χ0n) is 13.9. The lowest BCUT2D eigenvalue weighted by Gasteiger charge is -2.28. The molecule has 0 spiro atoms. The van der Waals surface area contributed by atoms with E-state index in [0.717, 1.165) is 31.5 Å². The summed E-state index contributed by atoms with van der Waals surface area (Å²) in [6, 6.07) is 16.7. The van der Waals surface area contributed by atoms with Gasteiger partial charge < -0.3 is 0 Å².